The third-order valence-corrected chi connectivity index (χ3v) is 5.89. The highest BCUT2D eigenvalue weighted by molar-refractivity contribution is 7.19. The molecule has 1 aromatic carbocycles. The lowest BCUT2D eigenvalue weighted by Gasteiger charge is -2.02. The van der Waals surface area contributed by atoms with Crippen LogP contribution in [0.25, 0.3) is 38.0 Å². The average molecular weight is 407 g/mol. The number of aryl methyl sites for hydroxylation is 2. The van der Waals surface area contributed by atoms with Crippen LogP contribution in [0.3, 0.4) is 0 Å². The number of thiazole rings is 1. The molecule has 0 aliphatic rings. The van der Waals surface area contributed by atoms with Crippen LogP contribution in [0.5, 0.6) is 0 Å². The van der Waals surface area contributed by atoms with Crippen LogP contribution in [-0.2, 0) is 7.05 Å². The Balaban J connectivity index is 1.79. The van der Waals surface area contributed by atoms with Gasteiger partial charge in [0, 0.05) is 18.8 Å². The first-order valence-electron chi connectivity index (χ1n) is 8.68. The Hall–Kier alpha value is -3.03. The summed E-state index contributed by atoms with van der Waals surface area (Å²) in [5.74, 6) is 0.635. The quantitative estimate of drug-likeness (QED) is 0.428. The normalized spacial score (nSPS) is 11.4. The molecule has 0 spiro atoms. The third kappa shape index (κ3) is 2.71. The van der Waals surface area contributed by atoms with E-state index in [2.05, 4.69) is 15.2 Å². The number of hydrogen-bond donors (Lipinski definition) is 0. The van der Waals surface area contributed by atoms with Gasteiger partial charge in [-0.3, -0.25) is 4.68 Å². The first-order valence-corrected chi connectivity index (χ1v) is 9.87. The number of halogens is 1. The van der Waals surface area contributed by atoms with E-state index < -0.39 is 0 Å². The number of pyridine rings is 1. The molecule has 138 valence electrons. The third-order valence-electron chi connectivity index (χ3n) is 4.49. The fraction of sp³-hybridized carbons (Fsp3) is 0.100. The van der Waals surface area contributed by atoms with Crippen LogP contribution in [0.4, 0.5) is 0 Å². The Labute approximate surface area is 170 Å². The van der Waals surface area contributed by atoms with Crippen molar-refractivity contribution < 1.29 is 0 Å². The number of hydrogen-bond acceptors (Lipinski definition) is 5. The summed E-state index contributed by atoms with van der Waals surface area (Å²) < 4.78 is 3.56. The molecule has 0 atom stereocenters. The van der Waals surface area contributed by atoms with Gasteiger partial charge >= 0.3 is 0 Å². The van der Waals surface area contributed by atoms with Gasteiger partial charge in [-0.1, -0.05) is 35.9 Å². The Kier molecular flexibility index (Phi) is 3.99. The smallest absolute Gasteiger partial charge is 0.193 e. The predicted octanol–water partition coefficient (Wildman–Crippen LogP) is 4.88. The first-order chi connectivity index (χ1) is 13.6. The monoisotopic (exact) mass is 406 g/mol. The minimum atomic E-state index is 0.635. The molecule has 0 aliphatic carbocycles. The van der Waals surface area contributed by atoms with Crippen molar-refractivity contribution in [1.82, 2.24) is 29.4 Å². The zero-order valence-electron chi connectivity index (χ0n) is 15.2. The van der Waals surface area contributed by atoms with E-state index in [-0.39, 0.29) is 0 Å². The summed E-state index contributed by atoms with van der Waals surface area (Å²) in [6, 6.07) is 13.7. The highest BCUT2D eigenvalue weighted by atomic mass is 35.5. The topological polar surface area (TPSA) is 60.9 Å². The lowest BCUT2D eigenvalue weighted by molar-refractivity contribution is 0.768. The molecule has 0 N–H and O–H groups in total. The lowest BCUT2D eigenvalue weighted by Crippen LogP contribution is -1.89. The van der Waals surface area contributed by atoms with E-state index in [4.69, 9.17) is 16.6 Å². The van der Waals surface area contributed by atoms with Gasteiger partial charge in [-0.25, -0.2) is 14.5 Å². The molecule has 0 amide bonds. The first kappa shape index (κ1) is 17.1. The molecule has 0 unspecified atom stereocenters. The Morgan fingerprint density at radius 3 is 2.64 bits per heavy atom. The highest BCUT2D eigenvalue weighted by Gasteiger charge is 2.23. The van der Waals surface area contributed by atoms with Crippen molar-refractivity contribution in [1.29, 1.82) is 0 Å². The van der Waals surface area contributed by atoms with E-state index in [1.54, 1.807) is 22.3 Å². The van der Waals surface area contributed by atoms with Crippen LogP contribution >= 0.6 is 22.9 Å². The molecule has 6 nitrogen and oxygen atoms in total. The molecule has 0 fully saturated rings. The molecule has 0 radical (unpaired) electrons. The number of fused-ring (bicyclic) bond motifs is 1. The summed E-state index contributed by atoms with van der Waals surface area (Å²) in [4.78, 5) is 10.3. The summed E-state index contributed by atoms with van der Waals surface area (Å²) in [7, 11) is 1.85. The van der Waals surface area contributed by atoms with Gasteiger partial charge in [0.05, 0.1) is 27.5 Å². The Bertz CT molecular complexity index is 1320. The van der Waals surface area contributed by atoms with Crippen molar-refractivity contribution in [3.05, 3.63) is 65.7 Å². The standard InChI is InChI=1S/C20H15ClN6S/c1-12-16(15-9-5-6-10-27(15)24-12)20-23-17(13-7-3-4-8-14(13)21)18(28-20)19-22-11-26(2)25-19/h3-11H,1-2H3. The van der Waals surface area contributed by atoms with Gasteiger partial charge in [0.15, 0.2) is 5.82 Å². The van der Waals surface area contributed by atoms with Crippen LogP contribution in [0.2, 0.25) is 5.02 Å². The minimum absolute atomic E-state index is 0.635. The van der Waals surface area contributed by atoms with Crippen LogP contribution in [0.15, 0.2) is 55.0 Å². The van der Waals surface area contributed by atoms with Crippen LogP contribution < -0.4 is 0 Å². The number of rotatable bonds is 3. The lowest BCUT2D eigenvalue weighted by atomic mass is 10.1. The molecule has 0 aliphatic heterocycles. The zero-order valence-corrected chi connectivity index (χ0v) is 16.7. The van der Waals surface area contributed by atoms with Crippen molar-refractivity contribution in [2.75, 3.05) is 0 Å². The van der Waals surface area contributed by atoms with E-state index in [1.807, 2.05) is 67.1 Å². The number of aromatic nitrogens is 6. The van der Waals surface area contributed by atoms with Gasteiger partial charge in [-0.15, -0.1) is 11.3 Å². The van der Waals surface area contributed by atoms with Crippen molar-refractivity contribution in [2.45, 2.75) is 6.92 Å². The molecule has 4 heterocycles. The van der Waals surface area contributed by atoms with Gasteiger partial charge in [-0.2, -0.15) is 10.2 Å². The van der Waals surface area contributed by atoms with Crippen molar-refractivity contribution >= 4 is 28.5 Å². The van der Waals surface area contributed by atoms with Crippen LogP contribution in [-0.4, -0.2) is 29.4 Å². The summed E-state index contributed by atoms with van der Waals surface area (Å²) in [6.45, 7) is 2.00. The fourth-order valence-corrected chi connectivity index (χ4v) is 4.59. The molecule has 4 aromatic heterocycles. The van der Waals surface area contributed by atoms with Gasteiger partial charge < -0.3 is 0 Å². The van der Waals surface area contributed by atoms with E-state index in [0.717, 1.165) is 37.9 Å². The second-order valence-corrected chi connectivity index (χ2v) is 7.82. The summed E-state index contributed by atoms with van der Waals surface area (Å²) in [6.07, 6.45) is 3.63. The second-order valence-electron chi connectivity index (χ2n) is 6.41. The van der Waals surface area contributed by atoms with Crippen molar-refractivity contribution in [3.63, 3.8) is 0 Å². The maximum Gasteiger partial charge on any atom is 0.193 e. The van der Waals surface area contributed by atoms with Gasteiger partial charge in [-0.05, 0) is 25.1 Å². The van der Waals surface area contributed by atoms with Gasteiger partial charge in [0.25, 0.3) is 0 Å². The van der Waals surface area contributed by atoms with Gasteiger partial charge in [0.1, 0.15) is 16.2 Å². The average Bonchev–Trinajstić information content (AvgIpc) is 3.37. The Morgan fingerprint density at radius 2 is 1.86 bits per heavy atom. The predicted molar refractivity (Wildman–Crippen MR) is 111 cm³/mol. The van der Waals surface area contributed by atoms with E-state index in [0.29, 0.717) is 10.8 Å². The molecule has 0 saturated carbocycles. The van der Waals surface area contributed by atoms with Crippen LogP contribution in [0.1, 0.15) is 5.69 Å². The molecule has 5 aromatic rings. The van der Waals surface area contributed by atoms with Crippen molar-refractivity contribution in [2.24, 2.45) is 7.05 Å². The molecular weight excluding hydrogens is 392 g/mol. The van der Waals surface area contributed by atoms with Gasteiger partial charge in [0.2, 0.25) is 0 Å². The second kappa shape index (κ2) is 6.54. The van der Waals surface area contributed by atoms with Crippen LogP contribution in [0, 0.1) is 6.92 Å². The maximum atomic E-state index is 6.49. The number of benzene rings is 1. The zero-order chi connectivity index (χ0) is 19.3. The minimum Gasteiger partial charge on any atom is -0.255 e. The molecule has 0 bridgehead atoms. The van der Waals surface area contributed by atoms with E-state index in [1.165, 1.54) is 0 Å². The SMILES string of the molecule is Cc1nn2ccccc2c1-c1nc(-c2ccccc2Cl)c(-c2ncn(C)n2)s1. The molecule has 5 rings (SSSR count). The van der Waals surface area contributed by atoms with E-state index in [9.17, 15) is 0 Å². The molecular formula is C20H15ClN6S. The summed E-state index contributed by atoms with van der Waals surface area (Å²) >= 11 is 8.04. The highest BCUT2D eigenvalue weighted by Crippen LogP contribution is 2.42. The fourth-order valence-electron chi connectivity index (χ4n) is 3.24. The number of nitrogens with zero attached hydrogens (tertiary/aromatic N) is 6. The summed E-state index contributed by atoms with van der Waals surface area (Å²) in [5.41, 5.74) is 4.60. The molecule has 8 heteroatoms. The van der Waals surface area contributed by atoms with E-state index >= 15 is 0 Å². The maximum absolute atomic E-state index is 6.49. The Morgan fingerprint density at radius 1 is 1.04 bits per heavy atom. The molecule has 28 heavy (non-hydrogen) atoms. The molecule has 0 saturated heterocycles. The largest absolute Gasteiger partial charge is 0.255 e. The van der Waals surface area contributed by atoms with Crippen molar-refractivity contribution in [3.8, 4) is 32.5 Å². The summed E-state index contributed by atoms with van der Waals surface area (Å²) in [5, 5.41) is 10.6.